The summed E-state index contributed by atoms with van der Waals surface area (Å²) in [5.41, 5.74) is 11.0. The van der Waals surface area contributed by atoms with Gasteiger partial charge in [0.25, 0.3) is 0 Å². The van der Waals surface area contributed by atoms with E-state index in [-0.39, 0.29) is 11.9 Å². The summed E-state index contributed by atoms with van der Waals surface area (Å²) in [5.74, 6) is 1.98. The van der Waals surface area contributed by atoms with Crippen molar-refractivity contribution in [3.8, 4) is 0 Å². The molecule has 7 nitrogen and oxygen atoms in total. The minimum atomic E-state index is 0.173. The van der Waals surface area contributed by atoms with Crippen LogP contribution in [0.15, 0.2) is 12.4 Å². The lowest BCUT2D eigenvalue weighted by Gasteiger charge is -2.04. The van der Waals surface area contributed by atoms with Crippen molar-refractivity contribution in [3.05, 3.63) is 24.0 Å². The number of aryl methyl sites for hydroxylation is 3. The number of nitrogens with two attached hydrogens (primary N) is 2. The third-order valence-corrected chi connectivity index (χ3v) is 2.44. The van der Waals surface area contributed by atoms with Crippen molar-refractivity contribution in [1.29, 1.82) is 0 Å². The smallest absolute Gasteiger partial charge is 0.225 e. The van der Waals surface area contributed by atoms with E-state index in [0.717, 1.165) is 18.8 Å². The Morgan fingerprint density at radius 2 is 1.88 bits per heavy atom. The lowest BCUT2D eigenvalue weighted by atomic mass is 10.3. The number of anilines is 2. The van der Waals surface area contributed by atoms with E-state index in [0.29, 0.717) is 12.2 Å². The third kappa shape index (κ3) is 2.90. The van der Waals surface area contributed by atoms with Gasteiger partial charge >= 0.3 is 0 Å². The normalized spacial score (nSPS) is 10.6. The second-order valence-electron chi connectivity index (χ2n) is 3.74. The van der Waals surface area contributed by atoms with Gasteiger partial charge in [-0.3, -0.25) is 0 Å². The van der Waals surface area contributed by atoms with Crippen LogP contribution in [-0.2, 0) is 13.0 Å². The van der Waals surface area contributed by atoms with Crippen LogP contribution in [-0.4, -0.2) is 24.5 Å². The molecule has 17 heavy (non-hydrogen) atoms. The van der Waals surface area contributed by atoms with Crippen LogP contribution in [0.3, 0.4) is 0 Å². The molecule has 2 rings (SSSR count). The highest BCUT2D eigenvalue weighted by Crippen LogP contribution is 2.04. The van der Waals surface area contributed by atoms with Gasteiger partial charge in [0.1, 0.15) is 11.6 Å². The molecule has 0 fully saturated rings. The van der Waals surface area contributed by atoms with Crippen molar-refractivity contribution in [1.82, 2.24) is 24.5 Å². The number of imidazole rings is 1. The lowest BCUT2D eigenvalue weighted by Crippen LogP contribution is -2.08. The molecule has 0 bridgehead atoms. The van der Waals surface area contributed by atoms with Crippen molar-refractivity contribution >= 4 is 11.9 Å². The van der Waals surface area contributed by atoms with Gasteiger partial charge in [-0.15, -0.1) is 0 Å². The topological polar surface area (TPSA) is 109 Å². The molecule has 7 heteroatoms. The zero-order valence-corrected chi connectivity index (χ0v) is 9.67. The van der Waals surface area contributed by atoms with E-state index >= 15 is 0 Å². The fraction of sp³-hybridized carbons (Fsp3) is 0.400. The second kappa shape index (κ2) is 4.77. The third-order valence-electron chi connectivity index (χ3n) is 2.44. The van der Waals surface area contributed by atoms with Crippen molar-refractivity contribution in [2.24, 2.45) is 0 Å². The molecule has 2 aromatic heterocycles. The fourth-order valence-corrected chi connectivity index (χ4v) is 1.62. The van der Waals surface area contributed by atoms with E-state index in [1.54, 1.807) is 6.20 Å². The molecule has 0 saturated carbocycles. The average molecular weight is 233 g/mol. The van der Waals surface area contributed by atoms with Crippen LogP contribution in [0.25, 0.3) is 0 Å². The minimum absolute atomic E-state index is 0.173. The van der Waals surface area contributed by atoms with Gasteiger partial charge in [0.2, 0.25) is 11.9 Å². The van der Waals surface area contributed by atoms with Crippen molar-refractivity contribution < 1.29 is 0 Å². The molecule has 0 aliphatic heterocycles. The fourth-order valence-electron chi connectivity index (χ4n) is 1.62. The molecular formula is C10H15N7. The summed E-state index contributed by atoms with van der Waals surface area (Å²) in [6, 6.07) is 0. The lowest BCUT2D eigenvalue weighted by molar-refractivity contribution is 0.613. The van der Waals surface area contributed by atoms with Crippen LogP contribution in [0.5, 0.6) is 0 Å². The molecule has 90 valence electrons. The quantitative estimate of drug-likeness (QED) is 0.779. The Bertz CT molecular complexity index is 485. The van der Waals surface area contributed by atoms with Crippen LogP contribution in [0.1, 0.15) is 18.1 Å². The molecule has 0 unspecified atom stereocenters. The summed E-state index contributed by atoms with van der Waals surface area (Å²) in [4.78, 5) is 15.9. The van der Waals surface area contributed by atoms with Gasteiger partial charge in [0, 0.05) is 25.4 Å². The van der Waals surface area contributed by atoms with Crippen molar-refractivity contribution in [2.45, 2.75) is 26.3 Å². The molecule has 0 saturated heterocycles. The van der Waals surface area contributed by atoms with Crippen molar-refractivity contribution in [3.63, 3.8) is 0 Å². The highest BCUT2D eigenvalue weighted by Gasteiger charge is 2.02. The molecule has 4 N–H and O–H groups in total. The van der Waals surface area contributed by atoms with Crippen LogP contribution in [0, 0.1) is 6.92 Å². The van der Waals surface area contributed by atoms with Gasteiger partial charge in [0.05, 0.1) is 0 Å². The zero-order valence-electron chi connectivity index (χ0n) is 9.67. The number of nitrogens with zero attached hydrogens (tertiary/aromatic N) is 5. The van der Waals surface area contributed by atoms with Crippen LogP contribution >= 0.6 is 0 Å². The SMILES string of the molecule is Cc1nccn1CCCc1nc(N)nc(N)n1. The monoisotopic (exact) mass is 233 g/mol. The Morgan fingerprint density at radius 1 is 1.18 bits per heavy atom. The molecule has 0 spiro atoms. The Kier molecular flexibility index (Phi) is 3.17. The number of nitrogen functional groups attached to an aromatic ring is 2. The number of hydrogen-bond donors (Lipinski definition) is 2. The first-order valence-corrected chi connectivity index (χ1v) is 5.39. The number of aromatic nitrogens is 5. The molecule has 0 amide bonds. The Hall–Kier alpha value is -2.18. The molecule has 2 aromatic rings. The molecular weight excluding hydrogens is 218 g/mol. The van der Waals surface area contributed by atoms with Gasteiger partial charge in [-0.25, -0.2) is 4.98 Å². The van der Waals surface area contributed by atoms with E-state index < -0.39 is 0 Å². The Labute approximate surface area is 98.9 Å². The maximum absolute atomic E-state index is 5.49. The van der Waals surface area contributed by atoms with Gasteiger partial charge in [-0.1, -0.05) is 0 Å². The number of rotatable bonds is 4. The van der Waals surface area contributed by atoms with Crippen LogP contribution in [0.4, 0.5) is 11.9 Å². The summed E-state index contributed by atoms with van der Waals surface area (Å²) in [7, 11) is 0. The molecule has 2 heterocycles. The summed E-state index contributed by atoms with van der Waals surface area (Å²) >= 11 is 0. The molecule has 0 atom stereocenters. The standard InChI is InChI=1S/C10H15N7/c1-7-13-4-6-17(7)5-2-3-8-14-9(11)16-10(12)15-8/h4,6H,2-3,5H2,1H3,(H4,11,12,14,15,16). The minimum Gasteiger partial charge on any atom is -0.368 e. The average Bonchev–Trinajstić information content (AvgIpc) is 2.63. The van der Waals surface area contributed by atoms with E-state index in [1.807, 2.05) is 13.1 Å². The highest BCUT2D eigenvalue weighted by molar-refractivity contribution is 5.25. The molecule has 0 aliphatic carbocycles. The summed E-state index contributed by atoms with van der Waals surface area (Å²) in [6.45, 7) is 2.84. The largest absolute Gasteiger partial charge is 0.368 e. The number of hydrogen-bond acceptors (Lipinski definition) is 6. The van der Waals surface area contributed by atoms with Gasteiger partial charge in [-0.2, -0.15) is 15.0 Å². The van der Waals surface area contributed by atoms with E-state index in [2.05, 4.69) is 24.5 Å². The molecule has 0 aromatic carbocycles. The van der Waals surface area contributed by atoms with Gasteiger partial charge < -0.3 is 16.0 Å². The van der Waals surface area contributed by atoms with E-state index in [1.165, 1.54) is 0 Å². The van der Waals surface area contributed by atoms with Gasteiger partial charge in [0.15, 0.2) is 0 Å². The predicted molar refractivity (Wildman–Crippen MR) is 63.9 cm³/mol. The maximum Gasteiger partial charge on any atom is 0.225 e. The summed E-state index contributed by atoms with van der Waals surface area (Å²) < 4.78 is 2.08. The first-order valence-electron chi connectivity index (χ1n) is 5.39. The van der Waals surface area contributed by atoms with Crippen LogP contribution in [0.2, 0.25) is 0 Å². The van der Waals surface area contributed by atoms with E-state index in [4.69, 9.17) is 11.5 Å². The maximum atomic E-state index is 5.49. The van der Waals surface area contributed by atoms with Crippen molar-refractivity contribution in [2.75, 3.05) is 11.5 Å². The predicted octanol–water partition coefficient (Wildman–Crippen LogP) is 0.174. The van der Waals surface area contributed by atoms with Crippen LogP contribution < -0.4 is 11.5 Å². The summed E-state index contributed by atoms with van der Waals surface area (Å²) in [5, 5.41) is 0. The molecule has 0 aliphatic rings. The molecule has 0 radical (unpaired) electrons. The second-order valence-corrected chi connectivity index (χ2v) is 3.74. The first-order chi connectivity index (χ1) is 8.15. The van der Waals surface area contributed by atoms with Gasteiger partial charge in [-0.05, 0) is 13.3 Å². The zero-order chi connectivity index (χ0) is 12.3. The van der Waals surface area contributed by atoms with E-state index in [9.17, 15) is 0 Å². The highest BCUT2D eigenvalue weighted by atomic mass is 15.1. The first kappa shape index (κ1) is 11.3. The summed E-state index contributed by atoms with van der Waals surface area (Å²) in [6.07, 6.45) is 5.36. The Balaban J connectivity index is 1.92. The Morgan fingerprint density at radius 3 is 2.47 bits per heavy atom.